The average Bonchev–Trinajstić information content (AvgIpc) is 3.13. The fourth-order valence-corrected chi connectivity index (χ4v) is 5.07. The summed E-state index contributed by atoms with van der Waals surface area (Å²) in [7, 11) is 1.70. The Kier molecular flexibility index (Phi) is 8.69. The summed E-state index contributed by atoms with van der Waals surface area (Å²) in [5.74, 6) is 0.397. The Balaban J connectivity index is 1.40. The lowest BCUT2D eigenvalue weighted by molar-refractivity contribution is -0.136. The van der Waals surface area contributed by atoms with Crippen LogP contribution < -0.4 is 4.74 Å². The molecule has 1 unspecified atom stereocenters. The van der Waals surface area contributed by atoms with E-state index in [1.165, 1.54) is 22.2 Å². The van der Waals surface area contributed by atoms with Gasteiger partial charge in [0, 0.05) is 7.05 Å². The van der Waals surface area contributed by atoms with E-state index in [0.717, 1.165) is 23.3 Å². The summed E-state index contributed by atoms with van der Waals surface area (Å²) in [6, 6.07) is 23.3. The van der Waals surface area contributed by atoms with Gasteiger partial charge in [0.15, 0.2) is 5.17 Å². The molecule has 6 nitrogen and oxygen atoms in total. The predicted molar refractivity (Wildman–Crippen MR) is 154 cm³/mol. The van der Waals surface area contributed by atoms with Crippen molar-refractivity contribution in [1.29, 1.82) is 0 Å². The summed E-state index contributed by atoms with van der Waals surface area (Å²) < 4.78 is 6.14. The van der Waals surface area contributed by atoms with E-state index in [1.54, 1.807) is 31.3 Å². The summed E-state index contributed by atoms with van der Waals surface area (Å²) in [5.41, 5.74) is 4.72. The van der Waals surface area contributed by atoms with Gasteiger partial charge in [0.05, 0.1) is 17.0 Å². The Labute approximate surface area is 228 Å². The smallest absolute Gasteiger partial charge is 0.307 e. The number of amides is 1. The summed E-state index contributed by atoms with van der Waals surface area (Å²) in [6.45, 7) is 6.48. The normalized spacial score (nSPS) is 16.4. The second-order valence-corrected chi connectivity index (χ2v) is 10.8. The first-order valence-electron chi connectivity index (χ1n) is 12.6. The van der Waals surface area contributed by atoms with Crippen molar-refractivity contribution in [1.82, 2.24) is 4.90 Å². The van der Waals surface area contributed by atoms with Crippen molar-refractivity contribution in [2.75, 3.05) is 7.05 Å². The number of hydrogen-bond acceptors (Lipinski definition) is 5. The minimum atomic E-state index is -0.878. The molecule has 4 rings (SSSR count). The fraction of sp³-hybridized carbons (Fsp3) is 0.258. The van der Waals surface area contributed by atoms with Crippen LogP contribution in [0.15, 0.2) is 82.7 Å². The second-order valence-electron chi connectivity index (χ2n) is 9.77. The Morgan fingerprint density at radius 1 is 0.974 bits per heavy atom. The Morgan fingerprint density at radius 3 is 2.21 bits per heavy atom. The topological polar surface area (TPSA) is 79.2 Å². The minimum Gasteiger partial charge on any atom is -0.486 e. The van der Waals surface area contributed by atoms with Crippen molar-refractivity contribution in [3.05, 3.63) is 100.0 Å². The number of nitrogens with zero attached hydrogens (tertiary/aromatic N) is 2. The number of thioether (sulfide) groups is 1. The van der Waals surface area contributed by atoms with Crippen LogP contribution in [0.4, 0.5) is 5.69 Å². The maximum Gasteiger partial charge on any atom is 0.307 e. The van der Waals surface area contributed by atoms with Gasteiger partial charge < -0.3 is 9.84 Å². The number of rotatable bonds is 9. The summed E-state index contributed by atoms with van der Waals surface area (Å²) in [4.78, 5) is 30.3. The van der Waals surface area contributed by atoms with Gasteiger partial charge in [0.2, 0.25) is 0 Å². The van der Waals surface area contributed by atoms with Gasteiger partial charge in [0.25, 0.3) is 5.91 Å². The third-order valence-corrected chi connectivity index (χ3v) is 7.16. The van der Waals surface area contributed by atoms with Gasteiger partial charge in [-0.15, -0.1) is 0 Å². The molecule has 0 saturated carbocycles. The van der Waals surface area contributed by atoms with E-state index < -0.39 is 5.97 Å². The third kappa shape index (κ3) is 7.13. The first-order valence-corrected chi connectivity index (χ1v) is 13.4. The van der Waals surface area contributed by atoms with Gasteiger partial charge in [-0.1, -0.05) is 62.4 Å². The molecule has 0 bridgehead atoms. The van der Waals surface area contributed by atoms with Crippen LogP contribution >= 0.6 is 11.8 Å². The van der Waals surface area contributed by atoms with Crippen molar-refractivity contribution in [3.8, 4) is 5.75 Å². The quantitative estimate of drug-likeness (QED) is 0.306. The predicted octanol–water partition coefficient (Wildman–Crippen LogP) is 6.89. The molecule has 0 aliphatic carbocycles. The molecule has 0 radical (unpaired) electrons. The zero-order valence-corrected chi connectivity index (χ0v) is 22.9. The molecule has 1 aliphatic rings. The van der Waals surface area contributed by atoms with Crippen LogP contribution in [-0.4, -0.2) is 34.1 Å². The number of aliphatic imine (C=N–C) groups is 1. The highest BCUT2D eigenvalue weighted by atomic mass is 32.2. The molecule has 38 heavy (non-hydrogen) atoms. The molecule has 1 saturated heterocycles. The summed E-state index contributed by atoms with van der Waals surface area (Å²) >= 11 is 1.31. The Hall–Kier alpha value is -3.84. The van der Waals surface area contributed by atoms with E-state index in [2.05, 4.69) is 43.1 Å². The van der Waals surface area contributed by atoms with Crippen LogP contribution in [0.2, 0.25) is 0 Å². The van der Waals surface area contributed by atoms with Gasteiger partial charge in [-0.05, 0) is 83.6 Å². The zero-order chi connectivity index (χ0) is 27.2. The molecule has 1 atom stereocenters. The van der Waals surface area contributed by atoms with E-state index in [-0.39, 0.29) is 18.4 Å². The van der Waals surface area contributed by atoms with Gasteiger partial charge in [-0.3, -0.25) is 14.5 Å². The second kappa shape index (κ2) is 12.1. The van der Waals surface area contributed by atoms with Crippen molar-refractivity contribution < 1.29 is 19.4 Å². The Bertz CT molecular complexity index is 1340. The molecular weight excluding hydrogens is 496 g/mol. The molecule has 196 valence electrons. The fourth-order valence-electron chi connectivity index (χ4n) is 4.09. The average molecular weight is 529 g/mol. The number of benzene rings is 3. The van der Waals surface area contributed by atoms with E-state index in [1.807, 2.05) is 37.3 Å². The highest BCUT2D eigenvalue weighted by Crippen LogP contribution is 2.33. The van der Waals surface area contributed by atoms with Crippen LogP contribution in [0.3, 0.4) is 0 Å². The van der Waals surface area contributed by atoms with Crippen molar-refractivity contribution in [2.24, 2.45) is 10.9 Å². The van der Waals surface area contributed by atoms with Crippen LogP contribution in [0.25, 0.3) is 6.08 Å². The number of likely N-dealkylation sites (N-methyl/N-ethyl adjacent to an activating group) is 1. The minimum absolute atomic E-state index is 0.0366. The largest absolute Gasteiger partial charge is 0.486 e. The number of carboxylic acid groups (broad SMARTS) is 1. The number of carbonyl (C=O) groups is 2. The van der Waals surface area contributed by atoms with E-state index in [4.69, 9.17) is 9.84 Å². The number of hydrogen-bond donors (Lipinski definition) is 1. The first-order chi connectivity index (χ1) is 18.2. The molecule has 3 aromatic rings. The lowest BCUT2D eigenvalue weighted by Crippen LogP contribution is -2.23. The van der Waals surface area contributed by atoms with Crippen LogP contribution in [0.1, 0.15) is 49.1 Å². The van der Waals surface area contributed by atoms with Crippen molar-refractivity contribution in [3.63, 3.8) is 0 Å². The van der Waals surface area contributed by atoms with Crippen LogP contribution in [-0.2, 0) is 22.4 Å². The standard InChI is InChI=1S/C31H32N2O4S/c1-20(2)17-22-5-11-25(12-6-22)21(3)37-27-15-9-23(10-16-27)18-28-30(36)33(4)31(38-28)32-26-13-7-24(8-14-26)19-29(34)35/h5-16,18,20-21H,17,19H2,1-4H3,(H,34,35)/b28-18+,32-31?. The highest BCUT2D eigenvalue weighted by molar-refractivity contribution is 8.18. The number of carbonyl (C=O) groups excluding carboxylic acids is 1. The Morgan fingerprint density at radius 2 is 1.61 bits per heavy atom. The molecule has 0 spiro atoms. The van der Waals surface area contributed by atoms with Gasteiger partial charge >= 0.3 is 5.97 Å². The molecule has 7 heteroatoms. The lowest BCUT2D eigenvalue weighted by Gasteiger charge is -2.16. The molecule has 1 amide bonds. The number of ether oxygens (including phenoxy) is 1. The first kappa shape index (κ1) is 27.2. The molecule has 1 fully saturated rings. The van der Waals surface area contributed by atoms with E-state index >= 15 is 0 Å². The SMILES string of the molecule is CC(C)Cc1ccc(C(C)Oc2ccc(/C=C3/SC(=Nc4ccc(CC(=O)O)cc4)N(C)C3=O)cc2)cc1. The third-order valence-electron chi connectivity index (χ3n) is 6.10. The van der Waals surface area contributed by atoms with Crippen molar-refractivity contribution >= 4 is 40.6 Å². The molecular formula is C31H32N2O4S. The van der Waals surface area contributed by atoms with Crippen molar-refractivity contribution in [2.45, 2.75) is 39.7 Å². The van der Waals surface area contributed by atoms with E-state index in [0.29, 0.717) is 27.2 Å². The monoisotopic (exact) mass is 528 g/mol. The summed E-state index contributed by atoms with van der Waals surface area (Å²) in [5, 5.41) is 9.49. The maximum absolute atomic E-state index is 12.8. The molecule has 1 aliphatic heterocycles. The maximum atomic E-state index is 12.8. The van der Waals surface area contributed by atoms with Gasteiger partial charge in [0.1, 0.15) is 11.9 Å². The number of amidine groups is 1. The molecule has 0 aromatic heterocycles. The van der Waals surface area contributed by atoms with E-state index in [9.17, 15) is 9.59 Å². The van der Waals surface area contributed by atoms with Gasteiger partial charge in [-0.2, -0.15) is 0 Å². The van der Waals surface area contributed by atoms with Gasteiger partial charge in [-0.25, -0.2) is 4.99 Å². The lowest BCUT2D eigenvalue weighted by atomic mass is 10.0. The molecule has 1 heterocycles. The number of aliphatic carboxylic acids is 1. The highest BCUT2D eigenvalue weighted by Gasteiger charge is 2.30. The molecule has 1 N–H and O–H groups in total. The number of carboxylic acids is 1. The van der Waals surface area contributed by atoms with Crippen LogP contribution in [0, 0.1) is 5.92 Å². The van der Waals surface area contributed by atoms with Crippen LogP contribution in [0.5, 0.6) is 5.75 Å². The molecule has 3 aromatic carbocycles. The zero-order valence-electron chi connectivity index (χ0n) is 22.0. The summed E-state index contributed by atoms with van der Waals surface area (Å²) in [6.07, 6.45) is 2.80.